The van der Waals surface area contributed by atoms with Crippen molar-refractivity contribution in [2.75, 3.05) is 0 Å². The third kappa shape index (κ3) is 4.14. The fourth-order valence-electron chi connectivity index (χ4n) is 2.20. The van der Waals surface area contributed by atoms with Crippen LogP contribution in [0.25, 0.3) is 0 Å². The molecule has 1 aromatic carbocycles. The molecule has 0 spiro atoms. The molecule has 0 bridgehead atoms. The highest BCUT2D eigenvalue weighted by Crippen LogP contribution is 2.25. The maximum Gasteiger partial charge on any atom is 0.273 e. The van der Waals surface area contributed by atoms with Crippen LogP contribution in [0.5, 0.6) is 0 Å². The zero-order valence-corrected chi connectivity index (χ0v) is 16.1. The van der Waals surface area contributed by atoms with Gasteiger partial charge in [0, 0.05) is 10.5 Å². The van der Waals surface area contributed by atoms with E-state index in [1.54, 1.807) is 6.92 Å². The van der Waals surface area contributed by atoms with E-state index < -0.39 is 21.8 Å². The van der Waals surface area contributed by atoms with Crippen LogP contribution in [-0.2, 0) is 10.0 Å². The second-order valence-corrected chi connectivity index (χ2v) is 8.40. The third-order valence-corrected chi connectivity index (χ3v) is 5.99. The maximum atomic E-state index is 12.3. The summed E-state index contributed by atoms with van der Waals surface area (Å²) in [6, 6.07) is 5.55. The Bertz CT molecular complexity index is 966. The van der Waals surface area contributed by atoms with Gasteiger partial charge in [0.25, 0.3) is 11.8 Å². The third-order valence-electron chi connectivity index (χ3n) is 3.78. The van der Waals surface area contributed by atoms with Crippen LogP contribution in [0.4, 0.5) is 0 Å². The lowest BCUT2D eigenvalue weighted by atomic mass is 10.2. The predicted octanol–water partition coefficient (Wildman–Crippen LogP) is 1.87. The number of hydrazine groups is 1. The van der Waals surface area contributed by atoms with Gasteiger partial charge in [0.15, 0.2) is 0 Å². The smallest absolute Gasteiger partial charge is 0.273 e. The van der Waals surface area contributed by atoms with Crippen LogP contribution in [0, 0.1) is 6.92 Å². The summed E-state index contributed by atoms with van der Waals surface area (Å²) in [4.78, 5) is 24.3. The van der Waals surface area contributed by atoms with Crippen molar-refractivity contribution >= 4 is 37.8 Å². The molecule has 10 heteroatoms. The van der Waals surface area contributed by atoms with Crippen LogP contribution in [-0.4, -0.2) is 26.3 Å². The number of hydrogen-bond acceptors (Lipinski definition) is 5. The molecule has 1 aromatic heterocycles. The summed E-state index contributed by atoms with van der Waals surface area (Å²) in [5.74, 6) is -0.785. The summed E-state index contributed by atoms with van der Waals surface area (Å²) in [6.45, 7) is 1.62. The van der Waals surface area contributed by atoms with E-state index >= 15 is 0 Å². The van der Waals surface area contributed by atoms with E-state index in [1.165, 1.54) is 30.5 Å². The minimum Gasteiger partial charge on any atom is -0.469 e. The van der Waals surface area contributed by atoms with Gasteiger partial charge in [-0.05, 0) is 60.0 Å². The van der Waals surface area contributed by atoms with Crippen molar-refractivity contribution in [3.05, 3.63) is 51.9 Å². The van der Waals surface area contributed by atoms with Gasteiger partial charge in [-0.1, -0.05) is 0 Å². The van der Waals surface area contributed by atoms with Gasteiger partial charge in [-0.15, -0.1) is 0 Å². The monoisotopic (exact) mass is 441 g/mol. The van der Waals surface area contributed by atoms with Crippen LogP contribution in [0.3, 0.4) is 0 Å². The minimum atomic E-state index is -3.69. The first-order valence-electron chi connectivity index (χ1n) is 7.74. The van der Waals surface area contributed by atoms with Crippen molar-refractivity contribution in [1.82, 2.24) is 15.6 Å². The molecule has 2 amide bonds. The Morgan fingerprint density at radius 3 is 2.35 bits per heavy atom. The molecular weight excluding hydrogens is 426 g/mol. The molecule has 0 unspecified atom stereocenters. The van der Waals surface area contributed by atoms with E-state index in [9.17, 15) is 18.0 Å². The summed E-state index contributed by atoms with van der Waals surface area (Å²) >= 11 is 3.21. The van der Waals surface area contributed by atoms with Crippen LogP contribution < -0.4 is 15.6 Å². The lowest BCUT2D eigenvalue weighted by Crippen LogP contribution is -2.42. The maximum absolute atomic E-state index is 12.3. The van der Waals surface area contributed by atoms with Crippen LogP contribution in [0.1, 0.15) is 39.3 Å². The van der Waals surface area contributed by atoms with E-state index in [4.69, 9.17) is 4.42 Å². The minimum absolute atomic E-state index is 0.0187. The number of nitrogens with one attached hydrogen (secondary N) is 3. The molecular formula is C16H16BrN3O5S. The van der Waals surface area contributed by atoms with Crippen LogP contribution >= 0.6 is 15.9 Å². The standard InChI is InChI=1S/C16H16BrN3O5S/c1-9-12(6-7-25-9)15(21)18-19-16(22)13-8-11(4-5-14(13)17)26(23,24)20-10-2-3-10/h4-8,10,20H,2-3H2,1H3,(H,18,21)(H,19,22). The molecule has 0 saturated heterocycles. The molecule has 0 radical (unpaired) electrons. The second-order valence-electron chi connectivity index (χ2n) is 5.84. The molecule has 3 N–H and O–H groups in total. The van der Waals surface area contributed by atoms with E-state index in [2.05, 4.69) is 31.5 Å². The number of benzene rings is 1. The predicted molar refractivity (Wildman–Crippen MR) is 95.9 cm³/mol. The molecule has 0 atom stereocenters. The van der Waals surface area contributed by atoms with Crippen molar-refractivity contribution in [3.8, 4) is 0 Å². The molecule has 1 saturated carbocycles. The Morgan fingerprint density at radius 2 is 1.77 bits per heavy atom. The topological polar surface area (TPSA) is 118 Å². The van der Waals surface area contributed by atoms with Gasteiger partial charge < -0.3 is 4.42 Å². The molecule has 26 heavy (non-hydrogen) atoms. The number of carbonyl (C=O) groups excluding carboxylic acids is 2. The highest BCUT2D eigenvalue weighted by molar-refractivity contribution is 9.10. The number of halogens is 1. The van der Waals surface area contributed by atoms with E-state index in [0.29, 0.717) is 10.2 Å². The Balaban J connectivity index is 1.73. The summed E-state index contributed by atoms with van der Waals surface area (Å²) < 4.78 is 32.6. The van der Waals surface area contributed by atoms with Gasteiger partial charge in [0.2, 0.25) is 10.0 Å². The molecule has 1 heterocycles. The average Bonchev–Trinajstić information content (AvgIpc) is 3.29. The molecule has 3 rings (SSSR count). The molecule has 0 aliphatic heterocycles. The number of sulfonamides is 1. The summed E-state index contributed by atoms with van der Waals surface area (Å²) in [5.41, 5.74) is 4.89. The lowest BCUT2D eigenvalue weighted by Gasteiger charge is -2.11. The van der Waals surface area contributed by atoms with Crippen molar-refractivity contribution in [2.45, 2.75) is 30.7 Å². The van der Waals surface area contributed by atoms with E-state index in [1.807, 2.05) is 0 Å². The Morgan fingerprint density at radius 1 is 1.12 bits per heavy atom. The van der Waals surface area contributed by atoms with Crippen molar-refractivity contribution in [1.29, 1.82) is 0 Å². The van der Waals surface area contributed by atoms with Crippen molar-refractivity contribution in [2.24, 2.45) is 0 Å². The zero-order valence-electron chi connectivity index (χ0n) is 13.7. The largest absolute Gasteiger partial charge is 0.469 e. The van der Waals surface area contributed by atoms with Gasteiger partial charge >= 0.3 is 0 Å². The number of furan rings is 1. The molecule has 1 fully saturated rings. The highest BCUT2D eigenvalue weighted by Gasteiger charge is 2.28. The van der Waals surface area contributed by atoms with Crippen molar-refractivity contribution < 1.29 is 22.4 Å². The Kier molecular flexibility index (Phi) is 5.17. The molecule has 8 nitrogen and oxygen atoms in total. The van der Waals surface area contributed by atoms with Gasteiger partial charge in [-0.3, -0.25) is 20.4 Å². The molecule has 2 aromatic rings. The van der Waals surface area contributed by atoms with Crippen LogP contribution in [0.2, 0.25) is 0 Å². The van der Waals surface area contributed by atoms with E-state index in [-0.39, 0.29) is 22.1 Å². The lowest BCUT2D eigenvalue weighted by molar-refractivity contribution is 0.0845. The SMILES string of the molecule is Cc1occc1C(=O)NNC(=O)c1cc(S(=O)(=O)NC2CC2)ccc1Br. The normalized spacial score (nSPS) is 14.1. The fraction of sp³-hybridized carbons (Fsp3) is 0.250. The fourth-order valence-corrected chi connectivity index (χ4v) is 3.96. The molecule has 138 valence electrons. The van der Waals surface area contributed by atoms with Gasteiger partial charge in [0.1, 0.15) is 5.76 Å². The zero-order chi connectivity index (χ0) is 18.9. The number of aryl methyl sites for hydroxylation is 1. The van der Waals surface area contributed by atoms with Gasteiger partial charge in [0.05, 0.1) is 22.3 Å². The second kappa shape index (κ2) is 7.22. The van der Waals surface area contributed by atoms with Gasteiger partial charge in [-0.25, -0.2) is 13.1 Å². The Hall–Kier alpha value is -2.17. The number of amides is 2. The molecule has 1 aliphatic carbocycles. The quantitative estimate of drug-likeness (QED) is 0.612. The summed E-state index contributed by atoms with van der Waals surface area (Å²) in [7, 11) is -3.69. The number of rotatable bonds is 5. The first-order chi connectivity index (χ1) is 12.3. The number of carbonyl (C=O) groups is 2. The van der Waals surface area contributed by atoms with Gasteiger partial charge in [-0.2, -0.15) is 0 Å². The van der Waals surface area contributed by atoms with E-state index in [0.717, 1.165) is 12.8 Å². The highest BCUT2D eigenvalue weighted by atomic mass is 79.9. The van der Waals surface area contributed by atoms with Crippen LogP contribution in [0.15, 0.2) is 44.3 Å². The average molecular weight is 442 g/mol. The van der Waals surface area contributed by atoms with Crippen molar-refractivity contribution in [3.63, 3.8) is 0 Å². The number of hydrogen-bond donors (Lipinski definition) is 3. The first-order valence-corrected chi connectivity index (χ1v) is 10.0. The Labute approximate surface area is 158 Å². The first kappa shape index (κ1) is 18.6. The summed E-state index contributed by atoms with van der Waals surface area (Å²) in [5, 5.41) is 0. The summed E-state index contributed by atoms with van der Waals surface area (Å²) in [6.07, 6.45) is 2.98. The molecule has 1 aliphatic rings.